The largest absolute Gasteiger partial charge is 0.467 e. The SMILES string of the molecule is COC(=O)C(C)NC(=O)C(Cc1ccccc1)NC=CC(=O)C(F)(F)F. The van der Waals surface area contributed by atoms with Crippen molar-refractivity contribution >= 4 is 17.7 Å². The normalized spacial score (nSPS) is 13.7. The maximum atomic E-state index is 12.3. The Morgan fingerprint density at radius 3 is 2.35 bits per heavy atom. The van der Waals surface area contributed by atoms with Crippen molar-refractivity contribution < 1.29 is 32.3 Å². The van der Waals surface area contributed by atoms with Gasteiger partial charge >= 0.3 is 12.1 Å². The van der Waals surface area contributed by atoms with Gasteiger partial charge in [0.2, 0.25) is 5.91 Å². The van der Waals surface area contributed by atoms with Crippen LogP contribution in [0, 0.1) is 0 Å². The van der Waals surface area contributed by atoms with Gasteiger partial charge in [-0.2, -0.15) is 13.2 Å². The molecule has 1 amide bonds. The van der Waals surface area contributed by atoms with E-state index in [0.717, 1.165) is 18.9 Å². The van der Waals surface area contributed by atoms with Crippen molar-refractivity contribution in [2.75, 3.05) is 7.11 Å². The number of methoxy groups -OCH3 is 1. The Morgan fingerprint density at radius 2 is 1.81 bits per heavy atom. The summed E-state index contributed by atoms with van der Waals surface area (Å²) >= 11 is 0. The van der Waals surface area contributed by atoms with Crippen LogP contribution < -0.4 is 10.6 Å². The van der Waals surface area contributed by atoms with Crippen LogP contribution in [0.5, 0.6) is 0 Å². The lowest BCUT2D eigenvalue weighted by atomic mass is 10.1. The van der Waals surface area contributed by atoms with Gasteiger partial charge in [0.25, 0.3) is 5.78 Å². The lowest BCUT2D eigenvalue weighted by Crippen LogP contribution is -2.49. The Kier molecular flexibility index (Phi) is 7.82. The third-order valence-corrected chi connectivity index (χ3v) is 3.32. The molecular weight excluding hydrogens is 353 g/mol. The number of allylic oxidation sites excluding steroid dienone is 1. The Bertz CT molecular complexity index is 660. The molecule has 1 aromatic rings. The van der Waals surface area contributed by atoms with E-state index in [1.54, 1.807) is 30.3 Å². The zero-order chi connectivity index (χ0) is 19.7. The van der Waals surface area contributed by atoms with Crippen LogP contribution in [-0.4, -0.2) is 43.0 Å². The summed E-state index contributed by atoms with van der Waals surface area (Å²) in [6, 6.07) is 6.78. The summed E-state index contributed by atoms with van der Waals surface area (Å²) in [5.74, 6) is -3.35. The molecule has 26 heavy (non-hydrogen) atoms. The van der Waals surface area contributed by atoms with E-state index in [1.165, 1.54) is 6.92 Å². The number of ketones is 1. The van der Waals surface area contributed by atoms with Gasteiger partial charge in [-0.15, -0.1) is 0 Å². The fourth-order valence-electron chi connectivity index (χ4n) is 1.96. The highest BCUT2D eigenvalue weighted by Crippen LogP contribution is 2.16. The molecule has 2 unspecified atom stereocenters. The number of esters is 1. The highest BCUT2D eigenvalue weighted by atomic mass is 19.4. The molecule has 6 nitrogen and oxygen atoms in total. The second-order valence-corrected chi connectivity index (χ2v) is 5.36. The first-order valence-corrected chi connectivity index (χ1v) is 7.61. The molecule has 2 N–H and O–H groups in total. The third kappa shape index (κ3) is 6.96. The van der Waals surface area contributed by atoms with Gasteiger partial charge in [0.15, 0.2) is 0 Å². The minimum Gasteiger partial charge on any atom is -0.467 e. The fraction of sp³-hybridized carbons (Fsp3) is 0.353. The van der Waals surface area contributed by atoms with E-state index >= 15 is 0 Å². The van der Waals surface area contributed by atoms with E-state index in [0.29, 0.717) is 6.08 Å². The number of carbonyl (C=O) groups excluding carboxylic acids is 3. The Labute approximate surface area is 148 Å². The predicted octanol–water partition coefficient (Wildman–Crippen LogP) is 1.51. The van der Waals surface area contributed by atoms with Gasteiger partial charge in [-0.1, -0.05) is 30.3 Å². The molecule has 2 atom stereocenters. The Hall–Kier alpha value is -2.84. The van der Waals surface area contributed by atoms with Crippen molar-refractivity contribution in [2.45, 2.75) is 31.6 Å². The van der Waals surface area contributed by atoms with Crippen molar-refractivity contribution in [3.05, 3.63) is 48.2 Å². The molecule has 9 heteroatoms. The molecule has 0 spiro atoms. The quantitative estimate of drug-likeness (QED) is 0.534. The van der Waals surface area contributed by atoms with Crippen LogP contribution in [0.15, 0.2) is 42.6 Å². The summed E-state index contributed by atoms with van der Waals surface area (Å²) in [6.07, 6.45) is -3.79. The molecule has 0 saturated carbocycles. The van der Waals surface area contributed by atoms with E-state index in [9.17, 15) is 27.6 Å². The first kappa shape index (κ1) is 21.2. The number of amides is 1. The molecular formula is C17H19F3N2O4. The standard InChI is InChI=1S/C17H19F3N2O4/c1-11(16(25)26-2)22-15(24)13(10-12-6-4-3-5-7-12)21-9-8-14(23)17(18,19)20/h3-9,11,13,21H,10H2,1-2H3,(H,22,24). The lowest BCUT2D eigenvalue weighted by Gasteiger charge is -2.19. The monoisotopic (exact) mass is 372 g/mol. The molecule has 0 bridgehead atoms. The number of hydrogen-bond donors (Lipinski definition) is 2. The van der Waals surface area contributed by atoms with Gasteiger partial charge in [0, 0.05) is 18.7 Å². The van der Waals surface area contributed by atoms with Crippen molar-refractivity contribution in [2.24, 2.45) is 0 Å². The van der Waals surface area contributed by atoms with Gasteiger partial charge in [0.1, 0.15) is 12.1 Å². The summed E-state index contributed by atoms with van der Waals surface area (Å²) in [7, 11) is 1.16. The number of nitrogens with one attached hydrogen (secondary N) is 2. The minimum atomic E-state index is -4.99. The fourth-order valence-corrected chi connectivity index (χ4v) is 1.96. The topological polar surface area (TPSA) is 84.5 Å². The smallest absolute Gasteiger partial charge is 0.454 e. The number of alkyl halides is 3. The number of carbonyl (C=O) groups is 3. The van der Waals surface area contributed by atoms with Gasteiger partial charge < -0.3 is 15.4 Å². The molecule has 1 aromatic carbocycles. The molecule has 0 saturated heterocycles. The zero-order valence-corrected chi connectivity index (χ0v) is 14.2. The number of benzene rings is 1. The number of rotatable bonds is 8. The zero-order valence-electron chi connectivity index (χ0n) is 14.2. The second kappa shape index (κ2) is 9.59. The highest BCUT2D eigenvalue weighted by molar-refractivity contribution is 5.94. The molecule has 0 fully saturated rings. The maximum Gasteiger partial charge on any atom is 0.454 e. The number of hydrogen-bond acceptors (Lipinski definition) is 5. The van der Waals surface area contributed by atoms with Crippen molar-refractivity contribution in [3.63, 3.8) is 0 Å². The van der Waals surface area contributed by atoms with E-state index in [2.05, 4.69) is 15.4 Å². The van der Waals surface area contributed by atoms with Crippen molar-refractivity contribution in [3.8, 4) is 0 Å². The van der Waals surface area contributed by atoms with Crippen LogP contribution in [-0.2, 0) is 25.5 Å². The van der Waals surface area contributed by atoms with E-state index < -0.39 is 35.9 Å². The Balaban J connectivity index is 2.85. The molecule has 0 heterocycles. The number of halogens is 3. The average Bonchev–Trinajstić information content (AvgIpc) is 2.59. The van der Waals surface area contributed by atoms with Crippen molar-refractivity contribution in [1.82, 2.24) is 10.6 Å². The first-order chi connectivity index (χ1) is 12.1. The lowest BCUT2D eigenvalue weighted by molar-refractivity contribution is -0.165. The van der Waals surface area contributed by atoms with E-state index in [4.69, 9.17) is 0 Å². The number of ether oxygens (including phenoxy) is 1. The van der Waals surface area contributed by atoms with Crippen LogP contribution in [0.25, 0.3) is 0 Å². The molecule has 0 aliphatic heterocycles. The van der Waals surface area contributed by atoms with Crippen LogP contribution >= 0.6 is 0 Å². The second-order valence-electron chi connectivity index (χ2n) is 5.36. The van der Waals surface area contributed by atoms with Crippen molar-refractivity contribution in [1.29, 1.82) is 0 Å². The third-order valence-electron chi connectivity index (χ3n) is 3.32. The van der Waals surface area contributed by atoms with Crippen LogP contribution in [0.3, 0.4) is 0 Å². The predicted molar refractivity (Wildman–Crippen MR) is 86.9 cm³/mol. The molecule has 1 rings (SSSR count). The average molecular weight is 372 g/mol. The molecule has 0 radical (unpaired) electrons. The minimum absolute atomic E-state index is 0.130. The molecule has 0 aliphatic rings. The summed E-state index contributed by atoms with van der Waals surface area (Å²) in [6.45, 7) is 1.41. The van der Waals surface area contributed by atoms with Crippen LogP contribution in [0.4, 0.5) is 13.2 Å². The molecule has 142 valence electrons. The molecule has 0 aliphatic carbocycles. The molecule has 0 aromatic heterocycles. The van der Waals surface area contributed by atoms with Gasteiger partial charge in [-0.05, 0) is 12.5 Å². The maximum absolute atomic E-state index is 12.3. The first-order valence-electron chi connectivity index (χ1n) is 7.61. The van der Waals surface area contributed by atoms with E-state index in [1.807, 2.05) is 0 Å². The summed E-state index contributed by atoms with van der Waals surface area (Å²) < 4.78 is 41.2. The summed E-state index contributed by atoms with van der Waals surface area (Å²) in [5.41, 5.74) is 0.737. The van der Waals surface area contributed by atoms with Gasteiger partial charge in [-0.25, -0.2) is 4.79 Å². The summed E-state index contributed by atoms with van der Waals surface area (Å²) in [5, 5.41) is 4.87. The van der Waals surface area contributed by atoms with Gasteiger partial charge in [-0.3, -0.25) is 9.59 Å². The van der Waals surface area contributed by atoms with E-state index in [-0.39, 0.29) is 6.42 Å². The highest BCUT2D eigenvalue weighted by Gasteiger charge is 2.36. The van der Waals surface area contributed by atoms with Gasteiger partial charge in [0.05, 0.1) is 7.11 Å². The van der Waals surface area contributed by atoms with Crippen LogP contribution in [0.2, 0.25) is 0 Å². The van der Waals surface area contributed by atoms with Crippen LogP contribution in [0.1, 0.15) is 12.5 Å². The Morgan fingerprint density at radius 1 is 1.19 bits per heavy atom. The summed E-state index contributed by atoms with van der Waals surface area (Å²) in [4.78, 5) is 34.6.